The predicted octanol–water partition coefficient (Wildman–Crippen LogP) is 3.41. The van der Waals surface area contributed by atoms with Gasteiger partial charge in [-0.2, -0.15) is 0 Å². The zero-order valence-electron chi connectivity index (χ0n) is 15.8. The Hall–Kier alpha value is -2.47. The molecule has 1 aliphatic rings. The number of fused-ring (bicyclic) bond motifs is 1. The van der Waals surface area contributed by atoms with E-state index in [1.807, 2.05) is 18.5 Å². The van der Waals surface area contributed by atoms with Crippen molar-refractivity contribution >= 4 is 16.7 Å². The first-order valence-electron chi connectivity index (χ1n) is 9.76. The van der Waals surface area contributed by atoms with Gasteiger partial charge in [0, 0.05) is 55.0 Å². The van der Waals surface area contributed by atoms with Gasteiger partial charge in [-0.05, 0) is 49.6 Å². The number of nitrogens with one attached hydrogen (secondary N) is 1. The van der Waals surface area contributed by atoms with Crippen LogP contribution in [0.25, 0.3) is 10.9 Å². The third-order valence-electron chi connectivity index (χ3n) is 5.47. The molecule has 0 saturated carbocycles. The lowest BCUT2D eigenvalue weighted by molar-refractivity contribution is 0.254. The van der Waals surface area contributed by atoms with E-state index in [2.05, 4.69) is 31.7 Å². The molecule has 0 atom stereocenters. The van der Waals surface area contributed by atoms with Crippen LogP contribution in [0.1, 0.15) is 24.5 Å². The van der Waals surface area contributed by atoms with E-state index in [1.54, 1.807) is 12.4 Å². The number of rotatable bonds is 6. The Morgan fingerprint density at radius 2 is 2.00 bits per heavy atom. The lowest BCUT2D eigenvalue weighted by Gasteiger charge is -2.36. The third-order valence-corrected chi connectivity index (χ3v) is 5.47. The van der Waals surface area contributed by atoms with Crippen molar-refractivity contribution in [2.75, 3.05) is 37.6 Å². The van der Waals surface area contributed by atoms with Crippen molar-refractivity contribution in [3.8, 4) is 0 Å². The lowest BCUT2D eigenvalue weighted by Crippen LogP contribution is -2.47. The fraction of sp³-hybridized carbons (Fsp3) is 0.429. The highest BCUT2D eigenvalue weighted by Crippen LogP contribution is 2.21. The number of H-pyrrole nitrogens is 1. The summed E-state index contributed by atoms with van der Waals surface area (Å²) < 4.78 is 13.5. The molecule has 5 nitrogen and oxygen atoms in total. The fourth-order valence-electron chi connectivity index (χ4n) is 3.92. The number of aromatic nitrogens is 3. The number of aromatic amines is 1. The summed E-state index contributed by atoms with van der Waals surface area (Å²) in [5.74, 6) is 0.920. The van der Waals surface area contributed by atoms with Crippen LogP contribution in [0.5, 0.6) is 0 Å². The number of benzene rings is 1. The molecule has 1 saturated heterocycles. The lowest BCUT2D eigenvalue weighted by atomic mass is 10.1. The van der Waals surface area contributed by atoms with Crippen molar-refractivity contribution in [2.24, 2.45) is 0 Å². The monoisotopic (exact) mass is 367 g/mol. The number of hydrogen-bond acceptors (Lipinski definition) is 4. The Morgan fingerprint density at radius 1 is 1.15 bits per heavy atom. The van der Waals surface area contributed by atoms with Gasteiger partial charge < -0.3 is 9.88 Å². The highest BCUT2D eigenvalue weighted by atomic mass is 19.1. The van der Waals surface area contributed by atoms with E-state index in [-0.39, 0.29) is 5.82 Å². The summed E-state index contributed by atoms with van der Waals surface area (Å²) in [6.07, 6.45) is 8.60. The molecule has 0 unspecified atom stereocenters. The first kappa shape index (κ1) is 17.9. The predicted molar refractivity (Wildman–Crippen MR) is 107 cm³/mol. The molecule has 0 radical (unpaired) electrons. The van der Waals surface area contributed by atoms with Crippen LogP contribution in [-0.4, -0.2) is 52.6 Å². The van der Waals surface area contributed by atoms with E-state index in [0.29, 0.717) is 0 Å². The quantitative estimate of drug-likeness (QED) is 0.725. The van der Waals surface area contributed by atoms with Gasteiger partial charge in [-0.1, -0.05) is 6.92 Å². The van der Waals surface area contributed by atoms with Crippen molar-refractivity contribution in [2.45, 2.75) is 26.2 Å². The summed E-state index contributed by atoms with van der Waals surface area (Å²) in [5.41, 5.74) is 3.44. The topological polar surface area (TPSA) is 48.1 Å². The van der Waals surface area contributed by atoms with E-state index in [1.165, 1.54) is 17.2 Å². The first-order valence-corrected chi connectivity index (χ1v) is 9.76. The largest absolute Gasteiger partial charge is 0.361 e. The normalized spacial score (nSPS) is 15.6. The molecule has 1 N–H and O–H groups in total. The number of piperazine rings is 1. The van der Waals surface area contributed by atoms with Crippen LogP contribution in [0, 0.1) is 5.82 Å². The molecular formula is C21H26FN5. The van der Waals surface area contributed by atoms with Gasteiger partial charge in [0.15, 0.2) is 0 Å². The number of hydrogen-bond donors (Lipinski definition) is 1. The molecule has 1 fully saturated rings. The van der Waals surface area contributed by atoms with Gasteiger partial charge in [-0.15, -0.1) is 0 Å². The molecular weight excluding hydrogens is 341 g/mol. The Labute approximate surface area is 159 Å². The molecule has 0 spiro atoms. The van der Waals surface area contributed by atoms with Crippen LogP contribution in [0.3, 0.4) is 0 Å². The van der Waals surface area contributed by atoms with E-state index >= 15 is 0 Å². The zero-order chi connectivity index (χ0) is 18.6. The second-order valence-electron chi connectivity index (χ2n) is 7.16. The highest BCUT2D eigenvalue weighted by molar-refractivity contribution is 5.83. The summed E-state index contributed by atoms with van der Waals surface area (Å²) >= 11 is 0. The van der Waals surface area contributed by atoms with Gasteiger partial charge in [0.2, 0.25) is 0 Å². The van der Waals surface area contributed by atoms with Crippen LogP contribution < -0.4 is 4.90 Å². The molecule has 0 amide bonds. The van der Waals surface area contributed by atoms with Crippen LogP contribution in [-0.2, 0) is 12.8 Å². The average Bonchev–Trinajstić information content (AvgIpc) is 3.10. The van der Waals surface area contributed by atoms with Gasteiger partial charge in [-0.3, -0.25) is 4.90 Å². The second-order valence-corrected chi connectivity index (χ2v) is 7.16. The van der Waals surface area contributed by atoms with Crippen molar-refractivity contribution in [1.29, 1.82) is 0 Å². The number of anilines is 1. The molecule has 3 aromatic rings. The van der Waals surface area contributed by atoms with Crippen LogP contribution in [0.4, 0.5) is 10.2 Å². The summed E-state index contributed by atoms with van der Waals surface area (Å²) in [5, 5.41) is 1.01. The summed E-state index contributed by atoms with van der Waals surface area (Å²) in [7, 11) is 0. The summed E-state index contributed by atoms with van der Waals surface area (Å²) in [6, 6.07) is 4.95. The number of nitrogens with zero attached hydrogens (tertiary/aromatic N) is 4. The molecule has 3 heterocycles. The molecule has 0 aliphatic carbocycles. The molecule has 4 rings (SSSR count). The third kappa shape index (κ3) is 3.95. The molecule has 1 aliphatic heterocycles. The molecule has 0 bridgehead atoms. The van der Waals surface area contributed by atoms with Gasteiger partial charge in [0.1, 0.15) is 18.0 Å². The molecule has 2 aromatic heterocycles. The van der Waals surface area contributed by atoms with Gasteiger partial charge in [0.05, 0.1) is 0 Å². The molecule has 1 aromatic carbocycles. The maximum atomic E-state index is 13.5. The highest BCUT2D eigenvalue weighted by Gasteiger charge is 2.19. The maximum absolute atomic E-state index is 13.5. The van der Waals surface area contributed by atoms with Crippen molar-refractivity contribution in [3.05, 3.63) is 53.9 Å². The maximum Gasteiger partial charge on any atom is 0.135 e. The Kier molecular flexibility index (Phi) is 5.34. The second kappa shape index (κ2) is 8.05. The first-order chi connectivity index (χ1) is 13.2. The molecule has 27 heavy (non-hydrogen) atoms. The zero-order valence-corrected chi connectivity index (χ0v) is 15.8. The van der Waals surface area contributed by atoms with Gasteiger partial charge in [-0.25, -0.2) is 14.4 Å². The van der Waals surface area contributed by atoms with Gasteiger partial charge >= 0.3 is 0 Å². The van der Waals surface area contributed by atoms with Gasteiger partial charge in [0.25, 0.3) is 0 Å². The van der Waals surface area contributed by atoms with Crippen molar-refractivity contribution in [3.63, 3.8) is 0 Å². The van der Waals surface area contributed by atoms with E-state index in [4.69, 9.17) is 0 Å². The smallest absolute Gasteiger partial charge is 0.135 e. The summed E-state index contributed by atoms with van der Waals surface area (Å²) in [4.78, 5) is 16.8. The summed E-state index contributed by atoms with van der Waals surface area (Å²) in [6.45, 7) is 7.32. The van der Waals surface area contributed by atoms with Crippen molar-refractivity contribution in [1.82, 2.24) is 19.9 Å². The van der Waals surface area contributed by atoms with Crippen LogP contribution in [0.2, 0.25) is 0 Å². The minimum atomic E-state index is -0.171. The van der Waals surface area contributed by atoms with E-state index in [9.17, 15) is 4.39 Å². The minimum Gasteiger partial charge on any atom is -0.361 e. The molecule has 142 valence electrons. The number of aryl methyl sites for hydroxylation is 2. The van der Waals surface area contributed by atoms with Crippen molar-refractivity contribution < 1.29 is 4.39 Å². The molecule has 6 heteroatoms. The SMILES string of the molecule is CCc1cncnc1N1CCN(CCCc2c[nH]c3ccc(F)cc23)CC1. The number of halogens is 1. The average molecular weight is 367 g/mol. The Balaban J connectivity index is 1.29. The van der Waals surface area contributed by atoms with Crippen LogP contribution >= 0.6 is 0 Å². The Morgan fingerprint density at radius 3 is 2.81 bits per heavy atom. The fourth-order valence-corrected chi connectivity index (χ4v) is 3.92. The standard InChI is InChI=1S/C21H26FN5/c1-2-16-13-23-15-25-21(16)27-10-8-26(9-11-27)7-3-4-17-14-24-20-6-5-18(22)12-19(17)20/h5-6,12-15,24H,2-4,7-11H2,1H3. The van der Waals surface area contributed by atoms with E-state index < -0.39 is 0 Å². The van der Waals surface area contributed by atoms with E-state index in [0.717, 1.165) is 68.7 Å². The minimum absolute atomic E-state index is 0.171. The van der Waals surface area contributed by atoms with Crippen LogP contribution in [0.15, 0.2) is 36.9 Å². The Bertz CT molecular complexity index is 898.